The zero-order valence-corrected chi connectivity index (χ0v) is 11.2. The van der Waals surface area contributed by atoms with E-state index >= 15 is 0 Å². The molecule has 6 nitrogen and oxygen atoms in total. The van der Waals surface area contributed by atoms with E-state index < -0.39 is 5.97 Å². The molecule has 0 aliphatic heterocycles. The molecule has 1 aromatic heterocycles. The highest BCUT2D eigenvalue weighted by molar-refractivity contribution is 5.86. The minimum absolute atomic E-state index is 0.0483. The Morgan fingerprint density at radius 1 is 1.30 bits per heavy atom. The average Bonchev–Trinajstić information content (AvgIpc) is 2.93. The number of anilines is 1. The summed E-state index contributed by atoms with van der Waals surface area (Å²) in [6.45, 7) is 0.378. The highest BCUT2D eigenvalue weighted by Crippen LogP contribution is 2.28. The molecular weight excluding hydrogens is 262 g/mol. The van der Waals surface area contributed by atoms with Gasteiger partial charge in [0.05, 0.1) is 20.8 Å². The first-order valence-corrected chi connectivity index (χ1v) is 5.92. The van der Waals surface area contributed by atoms with Crippen LogP contribution in [-0.2, 0) is 11.3 Å². The second-order valence-electron chi connectivity index (χ2n) is 4.00. The number of carbonyl (C=O) groups is 1. The first kappa shape index (κ1) is 13.8. The molecule has 0 aliphatic carbocycles. The van der Waals surface area contributed by atoms with E-state index in [1.807, 2.05) is 0 Å². The fourth-order valence-electron chi connectivity index (χ4n) is 1.67. The van der Waals surface area contributed by atoms with E-state index in [4.69, 9.17) is 9.15 Å². The van der Waals surface area contributed by atoms with Gasteiger partial charge in [0.2, 0.25) is 5.76 Å². The minimum atomic E-state index is -0.515. The molecule has 2 N–H and O–H groups in total. The first-order valence-electron chi connectivity index (χ1n) is 5.92. The third-order valence-electron chi connectivity index (χ3n) is 2.69. The van der Waals surface area contributed by atoms with E-state index in [9.17, 15) is 9.90 Å². The molecule has 0 amide bonds. The van der Waals surface area contributed by atoms with E-state index in [2.05, 4.69) is 10.1 Å². The van der Waals surface area contributed by atoms with Gasteiger partial charge in [0, 0.05) is 11.8 Å². The molecule has 0 aliphatic rings. The maximum atomic E-state index is 11.2. The Bertz CT molecular complexity index is 605. The van der Waals surface area contributed by atoms with Crippen molar-refractivity contribution in [3.8, 4) is 11.5 Å². The number of ether oxygens (including phenoxy) is 2. The van der Waals surface area contributed by atoms with Gasteiger partial charge in [0.1, 0.15) is 5.76 Å². The molecule has 106 valence electrons. The van der Waals surface area contributed by atoms with Crippen LogP contribution in [0.1, 0.15) is 16.3 Å². The molecule has 20 heavy (non-hydrogen) atoms. The molecule has 0 fully saturated rings. The van der Waals surface area contributed by atoms with Crippen LogP contribution in [0.5, 0.6) is 11.5 Å². The van der Waals surface area contributed by atoms with Gasteiger partial charge in [-0.2, -0.15) is 0 Å². The molecule has 0 spiro atoms. The van der Waals surface area contributed by atoms with Crippen molar-refractivity contribution in [1.82, 2.24) is 0 Å². The third kappa shape index (κ3) is 3.03. The lowest BCUT2D eigenvalue weighted by molar-refractivity contribution is 0.0563. The maximum Gasteiger partial charge on any atom is 0.373 e. The van der Waals surface area contributed by atoms with Crippen LogP contribution >= 0.6 is 0 Å². The summed E-state index contributed by atoms with van der Waals surface area (Å²) in [6, 6.07) is 8.20. The van der Waals surface area contributed by atoms with Crippen LogP contribution in [-0.4, -0.2) is 25.3 Å². The Morgan fingerprint density at radius 3 is 2.75 bits per heavy atom. The number of benzene rings is 1. The fraction of sp³-hybridized carbons (Fsp3) is 0.214. The van der Waals surface area contributed by atoms with Crippen LogP contribution in [0.3, 0.4) is 0 Å². The monoisotopic (exact) mass is 277 g/mol. The summed E-state index contributed by atoms with van der Waals surface area (Å²) in [5, 5.41) is 12.7. The maximum absolute atomic E-state index is 11.2. The number of hydrogen-bond acceptors (Lipinski definition) is 6. The Kier molecular flexibility index (Phi) is 4.14. The molecule has 6 heteroatoms. The zero-order chi connectivity index (χ0) is 14.5. The lowest BCUT2D eigenvalue weighted by atomic mass is 10.2. The van der Waals surface area contributed by atoms with Crippen molar-refractivity contribution < 1.29 is 23.8 Å². The van der Waals surface area contributed by atoms with E-state index in [-0.39, 0.29) is 11.5 Å². The first-order chi connectivity index (χ1) is 9.63. The van der Waals surface area contributed by atoms with Crippen LogP contribution in [0, 0.1) is 0 Å². The molecule has 0 atom stereocenters. The quantitative estimate of drug-likeness (QED) is 0.817. The lowest BCUT2D eigenvalue weighted by Gasteiger charge is -2.07. The van der Waals surface area contributed by atoms with Crippen molar-refractivity contribution in [2.75, 3.05) is 19.5 Å². The third-order valence-corrected chi connectivity index (χ3v) is 2.69. The van der Waals surface area contributed by atoms with Crippen molar-refractivity contribution in [3.63, 3.8) is 0 Å². The molecule has 1 aromatic carbocycles. The van der Waals surface area contributed by atoms with Gasteiger partial charge in [-0.25, -0.2) is 4.79 Å². The highest BCUT2D eigenvalue weighted by Gasteiger charge is 2.11. The second kappa shape index (κ2) is 6.01. The Hall–Kier alpha value is -2.63. The predicted octanol–water partition coefficient (Wildman–Crippen LogP) is 2.39. The standard InChI is InChI=1S/C14H15NO5/c1-18-12-5-3-9(7-11(12)16)15-8-10-4-6-13(20-10)14(17)19-2/h3-7,15-16H,8H2,1-2H3. The van der Waals surface area contributed by atoms with Gasteiger partial charge in [-0.3, -0.25) is 0 Å². The largest absolute Gasteiger partial charge is 0.504 e. The van der Waals surface area contributed by atoms with Gasteiger partial charge in [-0.1, -0.05) is 0 Å². The Morgan fingerprint density at radius 2 is 2.10 bits per heavy atom. The van der Waals surface area contributed by atoms with Crippen LogP contribution in [0.4, 0.5) is 5.69 Å². The Balaban J connectivity index is 2.00. The molecule has 2 rings (SSSR count). The zero-order valence-electron chi connectivity index (χ0n) is 11.2. The van der Waals surface area contributed by atoms with Gasteiger partial charge in [0.25, 0.3) is 0 Å². The van der Waals surface area contributed by atoms with Crippen LogP contribution < -0.4 is 10.1 Å². The SMILES string of the molecule is COC(=O)c1ccc(CNc2ccc(OC)c(O)c2)o1. The normalized spacial score (nSPS) is 10.1. The van der Waals surface area contributed by atoms with E-state index in [1.165, 1.54) is 14.2 Å². The van der Waals surface area contributed by atoms with Crippen LogP contribution in [0.25, 0.3) is 0 Å². The van der Waals surface area contributed by atoms with Gasteiger partial charge in [-0.05, 0) is 24.3 Å². The predicted molar refractivity (Wildman–Crippen MR) is 72.0 cm³/mol. The van der Waals surface area contributed by atoms with E-state index in [1.54, 1.807) is 30.3 Å². The van der Waals surface area contributed by atoms with Crippen molar-refractivity contribution in [1.29, 1.82) is 0 Å². The summed E-state index contributed by atoms with van der Waals surface area (Å²) < 4.78 is 14.8. The minimum Gasteiger partial charge on any atom is -0.504 e. The van der Waals surface area contributed by atoms with Crippen molar-refractivity contribution in [3.05, 3.63) is 41.9 Å². The van der Waals surface area contributed by atoms with E-state index in [0.29, 0.717) is 23.7 Å². The van der Waals surface area contributed by atoms with Crippen molar-refractivity contribution >= 4 is 11.7 Å². The van der Waals surface area contributed by atoms with Gasteiger partial charge >= 0.3 is 5.97 Å². The fourth-order valence-corrected chi connectivity index (χ4v) is 1.67. The lowest BCUT2D eigenvalue weighted by Crippen LogP contribution is -2.00. The molecule has 0 saturated carbocycles. The second-order valence-corrected chi connectivity index (χ2v) is 4.00. The number of phenols is 1. The average molecular weight is 277 g/mol. The van der Waals surface area contributed by atoms with Crippen molar-refractivity contribution in [2.45, 2.75) is 6.54 Å². The number of rotatable bonds is 5. The summed E-state index contributed by atoms with van der Waals surface area (Å²) in [4.78, 5) is 11.2. The van der Waals surface area contributed by atoms with Gasteiger partial charge in [-0.15, -0.1) is 0 Å². The number of hydrogen-bond donors (Lipinski definition) is 2. The van der Waals surface area contributed by atoms with Crippen molar-refractivity contribution in [2.24, 2.45) is 0 Å². The molecule has 0 saturated heterocycles. The summed E-state index contributed by atoms with van der Waals surface area (Å²) in [5.41, 5.74) is 0.708. The molecule has 0 bridgehead atoms. The number of aromatic hydroxyl groups is 1. The smallest absolute Gasteiger partial charge is 0.373 e. The summed E-state index contributed by atoms with van der Waals surface area (Å²) in [7, 11) is 2.78. The van der Waals surface area contributed by atoms with Gasteiger partial charge < -0.3 is 24.3 Å². The number of carbonyl (C=O) groups excluding carboxylic acids is 1. The molecule has 2 aromatic rings. The molecule has 0 radical (unpaired) electrons. The summed E-state index contributed by atoms with van der Waals surface area (Å²) >= 11 is 0. The number of furan rings is 1. The van der Waals surface area contributed by atoms with E-state index in [0.717, 1.165) is 0 Å². The summed E-state index contributed by atoms with van der Waals surface area (Å²) in [6.07, 6.45) is 0. The number of methoxy groups -OCH3 is 2. The molecule has 1 heterocycles. The van der Waals surface area contributed by atoms with Gasteiger partial charge in [0.15, 0.2) is 11.5 Å². The molecular formula is C14H15NO5. The number of phenolic OH excluding ortho intramolecular Hbond substituents is 1. The Labute approximate surface area is 115 Å². The van der Waals surface area contributed by atoms with Crippen LogP contribution in [0.15, 0.2) is 34.7 Å². The molecule has 0 unspecified atom stereocenters. The topological polar surface area (TPSA) is 80.9 Å². The highest BCUT2D eigenvalue weighted by atomic mass is 16.5. The number of esters is 1. The summed E-state index contributed by atoms with van der Waals surface area (Å²) in [5.74, 6) is 0.676. The van der Waals surface area contributed by atoms with Crippen LogP contribution in [0.2, 0.25) is 0 Å². The number of nitrogens with one attached hydrogen (secondary N) is 1.